The molecule has 0 aliphatic carbocycles. The van der Waals surface area contributed by atoms with Crippen molar-refractivity contribution in [3.05, 3.63) is 23.6 Å². The van der Waals surface area contributed by atoms with Crippen molar-refractivity contribution in [2.75, 3.05) is 0 Å². The number of rotatable bonds is 2. The summed E-state index contributed by atoms with van der Waals surface area (Å²) >= 11 is 0. The number of halogens is 1. The minimum absolute atomic E-state index is 0.0716. The molecule has 1 rings (SSSR count). The summed E-state index contributed by atoms with van der Waals surface area (Å²) in [7, 11) is 0. The van der Waals surface area contributed by atoms with Gasteiger partial charge in [0.15, 0.2) is 0 Å². The van der Waals surface area contributed by atoms with Gasteiger partial charge in [0.2, 0.25) is 5.88 Å². The minimum atomic E-state index is -0.300. The Labute approximate surface area is 71.4 Å². The Morgan fingerprint density at radius 1 is 1.42 bits per heavy atom. The van der Waals surface area contributed by atoms with Gasteiger partial charge in [0.05, 0.1) is 11.8 Å². The molecule has 1 aromatic rings. The second-order valence-corrected chi connectivity index (χ2v) is 2.88. The summed E-state index contributed by atoms with van der Waals surface area (Å²) in [5.74, 6) is 0.176. The van der Waals surface area contributed by atoms with E-state index < -0.39 is 0 Å². The Balaban J connectivity index is 2.82. The van der Waals surface area contributed by atoms with Crippen molar-refractivity contribution in [1.29, 1.82) is 0 Å². The van der Waals surface area contributed by atoms with Crippen molar-refractivity contribution in [2.24, 2.45) is 0 Å². The lowest BCUT2D eigenvalue weighted by molar-refractivity contribution is 0.231. The van der Waals surface area contributed by atoms with E-state index in [2.05, 4.69) is 4.98 Å². The van der Waals surface area contributed by atoms with Gasteiger partial charge in [0.1, 0.15) is 5.82 Å². The third kappa shape index (κ3) is 2.19. The summed E-state index contributed by atoms with van der Waals surface area (Å²) in [6.45, 7) is 5.42. The number of aryl methyl sites for hydroxylation is 1. The maximum absolute atomic E-state index is 12.7. The molecular formula is C9H12FNO. The van der Waals surface area contributed by atoms with Crippen LogP contribution in [0.15, 0.2) is 12.1 Å². The van der Waals surface area contributed by atoms with E-state index in [1.807, 2.05) is 13.8 Å². The second kappa shape index (κ2) is 3.52. The number of pyridine rings is 1. The first-order valence-electron chi connectivity index (χ1n) is 3.89. The average Bonchev–Trinajstić information content (AvgIpc) is 1.96. The fourth-order valence-corrected chi connectivity index (χ4v) is 0.828. The van der Waals surface area contributed by atoms with Crippen molar-refractivity contribution < 1.29 is 9.13 Å². The van der Waals surface area contributed by atoms with Crippen molar-refractivity contribution >= 4 is 0 Å². The van der Waals surface area contributed by atoms with Crippen molar-refractivity contribution in [3.63, 3.8) is 0 Å². The molecule has 0 aromatic carbocycles. The number of nitrogens with zero attached hydrogens (tertiary/aromatic N) is 1. The monoisotopic (exact) mass is 169 g/mol. The third-order valence-corrected chi connectivity index (χ3v) is 1.35. The summed E-state index contributed by atoms with van der Waals surface area (Å²) in [5.41, 5.74) is 0.369. The molecule has 12 heavy (non-hydrogen) atoms. The standard InChI is InChI=1S/C9H12FNO/c1-6(2)12-9-5-4-8(10)7(3)11-9/h4-6H,1-3H3. The largest absolute Gasteiger partial charge is 0.475 e. The van der Waals surface area contributed by atoms with E-state index in [1.54, 1.807) is 6.92 Å². The molecule has 66 valence electrons. The quantitative estimate of drug-likeness (QED) is 0.677. The molecule has 0 bridgehead atoms. The zero-order valence-electron chi connectivity index (χ0n) is 7.47. The van der Waals surface area contributed by atoms with E-state index in [0.29, 0.717) is 11.6 Å². The molecule has 0 amide bonds. The van der Waals surface area contributed by atoms with Crippen LogP contribution in [0.25, 0.3) is 0 Å². The third-order valence-electron chi connectivity index (χ3n) is 1.35. The van der Waals surface area contributed by atoms with Gasteiger partial charge in [0.25, 0.3) is 0 Å². The van der Waals surface area contributed by atoms with Crippen LogP contribution in [0.4, 0.5) is 4.39 Å². The Hall–Kier alpha value is -1.12. The number of ether oxygens (including phenoxy) is 1. The molecule has 0 saturated carbocycles. The highest BCUT2D eigenvalue weighted by Crippen LogP contribution is 2.11. The van der Waals surface area contributed by atoms with Crippen molar-refractivity contribution in [3.8, 4) is 5.88 Å². The molecular weight excluding hydrogens is 157 g/mol. The fourth-order valence-electron chi connectivity index (χ4n) is 0.828. The topological polar surface area (TPSA) is 22.1 Å². The highest BCUT2D eigenvalue weighted by molar-refractivity contribution is 5.16. The van der Waals surface area contributed by atoms with Gasteiger partial charge in [-0.15, -0.1) is 0 Å². The zero-order valence-corrected chi connectivity index (χ0v) is 7.47. The van der Waals surface area contributed by atoms with Gasteiger partial charge in [-0.05, 0) is 26.8 Å². The summed E-state index contributed by atoms with van der Waals surface area (Å²) in [4.78, 5) is 3.92. The first kappa shape index (κ1) is 8.97. The van der Waals surface area contributed by atoms with Gasteiger partial charge in [-0.1, -0.05) is 0 Å². The smallest absolute Gasteiger partial charge is 0.213 e. The van der Waals surface area contributed by atoms with E-state index >= 15 is 0 Å². The van der Waals surface area contributed by atoms with Crippen LogP contribution in [0, 0.1) is 12.7 Å². The summed E-state index contributed by atoms with van der Waals surface area (Å²) < 4.78 is 18.0. The first-order valence-corrected chi connectivity index (χ1v) is 3.89. The molecule has 0 aliphatic rings. The molecule has 2 nitrogen and oxygen atoms in total. The maximum Gasteiger partial charge on any atom is 0.213 e. The predicted octanol–water partition coefficient (Wildman–Crippen LogP) is 2.32. The molecule has 0 saturated heterocycles. The predicted molar refractivity (Wildman–Crippen MR) is 44.7 cm³/mol. The lowest BCUT2D eigenvalue weighted by atomic mass is 10.3. The van der Waals surface area contributed by atoms with Crippen LogP contribution in [0.3, 0.4) is 0 Å². The summed E-state index contributed by atoms with van der Waals surface area (Å²) in [6.07, 6.45) is 0.0716. The van der Waals surface area contributed by atoms with Gasteiger partial charge in [-0.25, -0.2) is 9.37 Å². The van der Waals surface area contributed by atoms with E-state index in [-0.39, 0.29) is 11.9 Å². The lowest BCUT2D eigenvalue weighted by Crippen LogP contribution is -2.07. The van der Waals surface area contributed by atoms with Gasteiger partial charge in [-0.2, -0.15) is 0 Å². The normalized spacial score (nSPS) is 10.4. The Morgan fingerprint density at radius 3 is 2.58 bits per heavy atom. The van der Waals surface area contributed by atoms with Crippen molar-refractivity contribution in [1.82, 2.24) is 4.98 Å². The molecule has 0 N–H and O–H groups in total. The Morgan fingerprint density at radius 2 is 2.08 bits per heavy atom. The Kier molecular flexibility index (Phi) is 2.63. The molecule has 0 atom stereocenters. The van der Waals surface area contributed by atoms with Gasteiger partial charge < -0.3 is 4.74 Å². The second-order valence-electron chi connectivity index (χ2n) is 2.88. The zero-order chi connectivity index (χ0) is 9.14. The van der Waals surface area contributed by atoms with E-state index in [0.717, 1.165) is 0 Å². The lowest BCUT2D eigenvalue weighted by Gasteiger charge is -2.08. The number of hydrogen-bond donors (Lipinski definition) is 0. The van der Waals surface area contributed by atoms with Crippen LogP contribution in [0.2, 0.25) is 0 Å². The first-order chi connectivity index (χ1) is 5.59. The number of hydrogen-bond acceptors (Lipinski definition) is 2. The average molecular weight is 169 g/mol. The highest BCUT2D eigenvalue weighted by atomic mass is 19.1. The number of aromatic nitrogens is 1. The van der Waals surface area contributed by atoms with Crippen LogP contribution in [-0.2, 0) is 0 Å². The molecule has 0 radical (unpaired) electrons. The fraction of sp³-hybridized carbons (Fsp3) is 0.444. The minimum Gasteiger partial charge on any atom is -0.475 e. The van der Waals surface area contributed by atoms with E-state index in [9.17, 15) is 4.39 Å². The van der Waals surface area contributed by atoms with Crippen LogP contribution in [0.5, 0.6) is 5.88 Å². The van der Waals surface area contributed by atoms with Gasteiger partial charge in [-0.3, -0.25) is 0 Å². The molecule has 0 fully saturated rings. The van der Waals surface area contributed by atoms with Crippen LogP contribution < -0.4 is 4.74 Å². The SMILES string of the molecule is Cc1nc(OC(C)C)ccc1F. The van der Waals surface area contributed by atoms with Crippen molar-refractivity contribution in [2.45, 2.75) is 26.9 Å². The molecule has 1 aromatic heterocycles. The molecule has 1 heterocycles. The van der Waals surface area contributed by atoms with Crippen LogP contribution in [0.1, 0.15) is 19.5 Å². The molecule has 3 heteroatoms. The van der Waals surface area contributed by atoms with Crippen LogP contribution in [-0.4, -0.2) is 11.1 Å². The molecule has 0 unspecified atom stereocenters. The van der Waals surface area contributed by atoms with E-state index in [4.69, 9.17) is 4.74 Å². The van der Waals surface area contributed by atoms with E-state index in [1.165, 1.54) is 12.1 Å². The summed E-state index contributed by atoms with van der Waals surface area (Å²) in [6, 6.07) is 2.89. The highest BCUT2D eigenvalue weighted by Gasteiger charge is 2.02. The Bertz CT molecular complexity index is 273. The molecule has 0 spiro atoms. The maximum atomic E-state index is 12.7. The van der Waals surface area contributed by atoms with Gasteiger partial charge in [0, 0.05) is 6.07 Å². The van der Waals surface area contributed by atoms with Gasteiger partial charge >= 0.3 is 0 Å². The summed E-state index contributed by atoms with van der Waals surface area (Å²) in [5, 5.41) is 0. The van der Waals surface area contributed by atoms with Crippen LogP contribution >= 0.6 is 0 Å². The molecule has 0 aliphatic heterocycles.